The van der Waals surface area contributed by atoms with Gasteiger partial charge >= 0.3 is 6.18 Å². The van der Waals surface area contributed by atoms with E-state index in [1.165, 1.54) is 24.3 Å². The second kappa shape index (κ2) is 9.17. The lowest BCUT2D eigenvalue weighted by atomic mass is 10.0. The molecule has 178 valence electrons. The van der Waals surface area contributed by atoms with Gasteiger partial charge in [-0.25, -0.2) is 4.39 Å². The summed E-state index contributed by atoms with van der Waals surface area (Å²) < 4.78 is 54.6. The number of pyridine rings is 1. The first-order chi connectivity index (χ1) is 16.5. The summed E-state index contributed by atoms with van der Waals surface area (Å²) in [6.45, 7) is 3.53. The number of carbonyl (C=O) groups excluding carboxylic acids is 2. The van der Waals surface area contributed by atoms with Gasteiger partial charge in [0.15, 0.2) is 0 Å². The number of nitrogens with zero attached hydrogens (tertiary/aromatic N) is 1. The Morgan fingerprint density at radius 2 is 1.54 bits per heavy atom. The summed E-state index contributed by atoms with van der Waals surface area (Å²) >= 11 is 0. The first kappa shape index (κ1) is 23.9. The fourth-order valence-corrected chi connectivity index (χ4v) is 3.62. The fourth-order valence-electron chi connectivity index (χ4n) is 3.62. The van der Waals surface area contributed by atoms with Crippen molar-refractivity contribution in [3.63, 3.8) is 0 Å². The number of rotatable bonds is 4. The molecule has 9 heteroatoms. The SMILES string of the molecule is Cc1ccc2nc(C)cc(C(=O)Nc3ccc(NC(=O)c4ccc(F)cc4)cc3C(F)(F)F)c2c1. The van der Waals surface area contributed by atoms with Crippen molar-refractivity contribution in [3.8, 4) is 0 Å². The molecule has 4 aromatic rings. The van der Waals surface area contributed by atoms with Crippen molar-refractivity contribution in [1.29, 1.82) is 0 Å². The Morgan fingerprint density at radius 3 is 2.23 bits per heavy atom. The van der Waals surface area contributed by atoms with E-state index >= 15 is 0 Å². The van der Waals surface area contributed by atoms with Crippen molar-refractivity contribution in [3.05, 3.63) is 100 Å². The number of fused-ring (bicyclic) bond motifs is 1. The minimum Gasteiger partial charge on any atom is -0.322 e. The molecule has 0 saturated carbocycles. The van der Waals surface area contributed by atoms with Crippen molar-refractivity contribution in [2.24, 2.45) is 0 Å². The Kier molecular flexibility index (Phi) is 6.26. The van der Waals surface area contributed by atoms with Gasteiger partial charge in [-0.05, 0) is 74.5 Å². The van der Waals surface area contributed by atoms with Gasteiger partial charge in [0.25, 0.3) is 11.8 Å². The summed E-state index contributed by atoms with van der Waals surface area (Å²) in [5.74, 6) is -1.97. The third kappa shape index (κ3) is 5.29. The highest BCUT2D eigenvalue weighted by molar-refractivity contribution is 6.13. The second-order valence-electron chi connectivity index (χ2n) is 8.01. The van der Waals surface area contributed by atoms with Crippen LogP contribution < -0.4 is 10.6 Å². The van der Waals surface area contributed by atoms with E-state index in [2.05, 4.69) is 15.6 Å². The minimum atomic E-state index is -4.81. The zero-order chi connectivity index (χ0) is 25.3. The molecular weight excluding hydrogens is 462 g/mol. The molecule has 1 heterocycles. The zero-order valence-corrected chi connectivity index (χ0v) is 18.6. The van der Waals surface area contributed by atoms with Crippen LogP contribution in [0, 0.1) is 19.7 Å². The number of benzene rings is 3. The van der Waals surface area contributed by atoms with Crippen LogP contribution in [0.25, 0.3) is 10.9 Å². The van der Waals surface area contributed by atoms with Crippen molar-refractivity contribution < 1.29 is 27.2 Å². The molecule has 0 unspecified atom stereocenters. The molecule has 0 aliphatic carbocycles. The molecule has 3 aromatic carbocycles. The van der Waals surface area contributed by atoms with E-state index in [9.17, 15) is 27.2 Å². The second-order valence-corrected chi connectivity index (χ2v) is 8.01. The predicted molar refractivity (Wildman–Crippen MR) is 125 cm³/mol. The molecule has 0 saturated heterocycles. The Bertz CT molecular complexity index is 1450. The highest BCUT2D eigenvalue weighted by atomic mass is 19.4. The number of aromatic nitrogens is 1. The molecule has 0 spiro atoms. The van der Waals surface area contributed by atoms with Gasteiger partial charge < -0.3 is 10.6 Å². The molecule has 5 nitrogen and oxygen atoms in total. The summed E-state index contributed by atoms with van der Waals surface area (Å²) in [5, 5.41) is 5.23. The van der Waals surface area contributed by atoms with Crippen molar-refractivity contribution in [1.82, 2.24) is 4.98 Å². The van der Waals surface area contributed by atoms with Crippen molar-refractivity contribution in [2.45, 2.75) is 20.0 Å². The third-order valence-corrected chi connectivity index (χ3v) is 5.27. The summed E-state index contributed by atoms with van der Waals surface area (Å²) in [6, 6.07) is 14.5. The van der Waals surface area contributed by atoms with Gasteiger partial charge in [-0.15, -0.1) is 0 Å². The number of hydrogen-bond donors (Lipinski definition) is 2. The molecule has 0 fully saturated rings. The van der Waals surface area contributed by atoms with Gasteiger partial charge in [0.05, 0.1) is 22.3 Å². The first-order valence-electron chi connectivity index (χ1n) is 10.5. The van der Waals surface area contributed by atoms with Crippen LogP contribution in [0.1, 0.15) is 37.5 Å². The van der Waals surface area contributed by atoms with Gasteiger partial charge in [0.2, 0.25) is 0 Å². The molecule has 35 heavy (non-hydrogen) atoms. The van der Waals surface area contributed by atoms with Gasteiger partial charge in [-0.1, -0.05) is 11.6 Å². The maximum atomic E-state index is 13.8. The van der Waals surface area contributed by atoms with Crippen LogP contribution >= 0.6 is 0 Å². The number of halogens is 4. The molecule has 0 aliphatic rings. The lowest BCUT2D eigenvalue weighted by molar-refractivity contribution is -0.136. The minimum absolute atomic E-state index is 0.0765. The summed E-state index contributed by atoms with van der Waals surface area (Å²) in [7, 11) is 0. The van der Waals surface area contributed by atoms with Crippen molar-refractivity contribution >= 4 is 34.1 Å². The topological polar surface area (TPSA) is 71.1 Å². The highest BCUT2D eigenvalue weighted by Gasteiger charge is 2.34. The molecule has 1 aromatic heterocycles. The number of amides is 2. The molecule has 4 rings (SSSR count). The molecule has 0 bridgehead atoms. The zero-order valence-electron chi connectivity index (χ0n) is 18.6. The number of alkyl halides is 3. The van der Waals surface area contributed by atoms with Crippen LogP contribution in [0.3, 0.4) is 0 Å². The molecule has 0 radical (unpaired) electrons. The van der Waals surface area contributed by atoms with Gasteiger partial charge in [0, 0.05) is 22.3 Å². The van der Waals surface area contributed by atoms with Crippen LogP contribution in [0.5, 0.6) is 0 Å². The molecular formula is C26H19F4N3O2. The number of hydrogen-bond acceptors (Lipinski definition) is 3. The normalized spacial score (nSPS) is 11.4. The Balaban J connectivity index is 1.66. The van der Waals surface area contributed by atoms with E-state index in [0.29, 0.717) is 16.6 Å². The highest BCUT2D eigenvalue weighted by Crippen LogP contribution is 2.37. The van der Waals surface area contributed by atoms with Crippen LogP contribution in [0.15, 0.2) is 66.7 Å². The summed E-state index contributed by atoms with van der Waals surface area (Å²) in [4.78, 5) is 29.7. The number of anilines is 2. The molecule has 2 amide bonds. The fraction of sp³-hybridized carbons (Fsp3) is 0.115. The lowest BCUT2D eigenvalue weighted by Crippen LogP contribution is -2.18. The molecule has 0 aliphatic heterocycles. The van der Waals surface area contributed by atoms with E-state index in [1.54, 1.807) is 19.1 Å². The average molecular weight is 481 g/mol. The van der Waals surface area contributed by atoms with Gasteiger partial charge in [-0.3, -0.25) is 14.6 Å². The Morgan fingerprint density at radius 1 is 0.829 bits per heavy atom. The van der Waals surface area contributed by atoms with E-state index in [-0.39, 0.29) is 16.8 Å². The molecule has 2 N–H and O–H groups in total. The number of aryl methyl sites for hydroxylation is 2. The monoisotopic (exact) mass is 481 g/mol. The smallest absolute Gasteiger partial charge is 0.322 e. The summed E-state index contributed by atoms with van der Waals surface area (Å²) in [6.07, 6.45) is -4.81. The third-order valence-electron chi connectivity index (χ3n) is 5.27. The van der Waals surface area contributed by atoms with Crippen LogP contribution in [0.4, 0.5) is 28.9 Å². The average Bonchev–Trinajstić information content (AvgIpc) is 2.79. The Hall–Kier alpha value is -4.27. The first-order valence-corrected chi connectivity index (χ1v) is 10.5. The maximum absolute atomic E-state index is 13.8. The largest absolute Gasteiger partial charge is 0.418 e. The van der Waals surface area contributed by atoms with E-state index < -0.39 is 35.1 Å². The quantitative estimate of drug-likeness (QED) is 0.326. The predicted octanol–water partition coefficient (Wildman–Crippen LogP) is 6.51. The lowest BCUT2D eigenvalue weighted by Gasteiger charge is -2.16. The van der Waals surface area contributed by atoms with E-state index in [4.69, 9.17) is 0 Å². The van der Waals surface area contributed by atoms with Crippen molar-refractivity contribution in [2.75, 3.05) is 10.6 Å². The van der Waals surface area contributed by atoms with E-state index in [1.807, 2.05) is 13.0 Å². The van der Waals surface area contributed by atoms with Crippen LogP contribution in [-0.4, -0.2) is 16.8 Å². The van der Waals surface area contributed by atoms with Gasteiger partial charge in [-0.2, -0.15) is 13.2 Å². The van der Waals surface area contributed by atoms with Crippen LogP contribution in [-0.2, 0) is 6.18 Å². The number of carbonyl (C=O) groups is 2. The maximum Gasteiger partial charge on any atom is 0.418 e. The van der Waals surface area contributed by atoms with Gasteiger partial charge in [0.1, 0.15) is 5.82 Å². The van der Waals surface area contributed by atoms with E-state index in [0.717, 1.165) is 29.8 Å². The Labute approximate surface area is 197 Å². The summed E-state index contributed by atoms with van der Waals surface area (Å²) in [5.41, 5.74) is 0.508. The molecule has 0 atom stereocenters. The standard InChI is InChI=1S/C26H19F4N3O2/c1-14-3-9-22-19(11-14)20(12-15(2)31-22)25(35)33-23-10-8-18(13-21(23)26(28,29)30)32-24(34)16-4-6-17(27)7-5-16/h3-13H,1-2H3,(H,32,34)(H,33,35). The van der Waals surface area contributed by atoms with Crippen LogP contribution in [0.2, 0.25) is 0 Å². The number of nitrogens with one attached hydrogen (secondary N) is 2.